The van der Waals surface area contributed by atoms with Gasteiger partial charge in [0.25, 0.3) is 0 Å². The van der Waals surface area contributed by atoms with Gasteiger partial charge in [0.05, 0.1) is 4.47 Å². The van der Waals surface area contributed by atoms with E-state index in [1.54, 1.807) is 0 Å². The van der Waals surface area contributed by atoms with Crippen molar-refractivity contribution in [2.45, 2.75) is 12.5 Å². The summed E-state index contributed by atoms with van der Waals surface area (Å²) in [6, 6.07) is 2.99. The molecule has 1 rings (SSSR count). The SMILES string of the molecule is O=C(O)C(O)c1ccc(OC(F)(F)F)c(Br)c1. The third kappa shape index (κ3) is 3.90. The molecule has 0 saturated heterocycles. The number of aliphatic hydroxyl groups excluding tert-OH is 1. The highest BCUT2D eigenvalue weighted by atomic mass is 79.9. The summed E-state index contributed by atoms with van der Waals surface area (Å²) in [6.07, 6.45) is -6.64. The molecular weight excluding hydrogens is 309 g/mol. The summed E-state index contributed by atoms with van der Waals surface area (Å²) >= 11 is 2.79. The zero-order valence-electron chi connectivity index (χ0n) is 8.03. The highest BCUT2D eigenvalue weighted by Gasteiger charge is 2.32. The van der Waals surface area contributed by atoms with Crippen LogP contribution < -0.4 is 4.74 Å². The third-order valence-electron chi connectivity index (χ3n) is 1.73. The molecule has 0 saturated carbocycles. The molecule has 0 radical (unpaired) electrons. The molecule has 0 aliphatic carbocycles. The Kier molecular flexibility index (Phi) is 3.99. The van der Waals surface area contributed by atoms with E-state index in [0.717, 1.165) is 18.2 Å². The molecule has 1 atom stereocenters. The molecule has 4 nitrogen and oxygen atoms in total. The van der Waals surface area contributed by atoms with E-state index in [9.17, 15) is 18.0 Å². The number of carboxylic acids is 1. The molecule has 94 valence electrons. The third-order valence-corrected chi connectivity index (χ3v) is 2.35. The second-order valence-electron chi connectivity index (χ2n) is 2.98. The molecule has 0 aliphatic heterocycles. The van der Waals surface area contributed by atoms with E-state index in [1.165, 1.54) is 0 Å². The van der Waals surface area contributed by atoms with Gasteiger partial charge in [-0.1, -0.05) is 6.07 Å². The maximum Gasteiger partial charge on any atom is 0.573 e. The fraction of sp³-hybridized carbons (Fsp3) is 0.222. The molecular formula is C9H6BrF3O4. The van der Waals surface area contributed by atoms with Crippen LogP contribution >= 0.6 is 15.9 Å². The maximum absolute atomic E-state index is 11.9. The molecule has 0 spiro atoms. The van der Waals surface area contributed by atoms with Gasteiger partial charge in [0, 0.05) is 0 Å². The van der Waals surface area contributed by atoms with Gasteiger partial charge < -0.3 is 14.9 Å². The zero-order chi connectivity index (χ0) is 13.2. The van der Waals surface area contributed by atoms with Gasteiger partial charge in [-0.15, -0.1) is 13.2 Å². The van der Waals surface area contributed by atoms with Crippen LogP contribution in [0.5, 0.6) is 5.75 Å². The van der Waals surface area contributed by atoms with Crippen molar-refractivity contribution in [2.24, 2.45) is 0 Å². The molecule has 1 aromatic carbocycles. The number of benzene rings is 1. The molecule has 1 unspecified atom stereocenters. The van der Waals surface area contributed by atoms with Crippen LogP contribution in [0.1, 0.15) is 11.7 Å². The Morgan fingerprint density at radius 3 is 2.41 bits per heavy atom. The van der Waals surface area contributed by atoms with E-state index >= 15 is 0 Å². The van der Waals surface area contributed by atoms with Crippen LogP contribution in [0, 0.1) is 0 Å². The van der Waals surface area contributed by atoms with Crippen LogP contribution in [0.15, 0.2) is 22.7 Å². The fourth-order valence-corrected chi connectivity index (χ4v) is 1.51. The van der Waals surface area contributed by atoms with Crippen molar-refractivity contribution in [3.05, 3.63) is 28.2 Å². The predicted octanol–water partition coefficient (Wildman–Crippen LogP) is 2.47. The average molecular weight is 315 g/mol. The van der Waals surface area contributed by atoms with Crippen LogP contribution in [0.4, 0.5) is 13.2 Å². The highest BCUT2D eigenvalue weighted by Crippen LogP contribution is 2.32. The summed E-state index contributed by atoms with van der Waals surface area (Å²) in [7, 11) is 0. The number of halogens is 4. The zero-order valence-corrected chi connectivity index (χ0v) is 9.62. The minimum absolute atomic E-state index is 0.0566. The van der Waals surface area contributed by atoms with Crippen molar-refractivity contribution < 1.29 is 32.9 Å². The lowest BCUT2D eigenvalue weighted by Gasteiger charge is -2.12. The number of hydrogen-bond acceptors (Lipinski definition) is 3. The number of hydrogen-bond donors (Lipinski definition) is 2. The summed E-state index contributed by atoms with van der Waals surface area (Å²) < 4.78 is 39.3. The van der Waals surface area contributed by atoms with E-state index < -0.39 is 24.2 Å². The van der Waals surface area contributed by atoms with E-state index in [1.807, 2.05) is 0 Å². The molecule has 0 bridgehead atoms. The topological polar surface area (TPSA) is 66.8 Å². The van der Waals surface area contributed by atoms with Crippen LogP contribution in [-0.2, 0) is 4.79 Å². The lowest BCUT2D eigenvalue weighted by molar-refractivity contribution is -0.274. The quantitative estimate of drug-likeness (QED) is 0.899. The van der Waals surface area contributed by atoms with Gasteiger partial charge in [-0.05, 0) is 33.6 Å². The predicted molar refractivity (Wildman–Crippen MR) is 53.4 cm³/mol. The first-order valence-electron chi connectivity index (χ1n) is 4.17. The molecule has 0 fully saturated rings. The molecule has 8 heteroatoms. The van der Waals surface area contributed by atoms with Gasteiger partial charge in [0.2, 0.25) is 0 Å². The molecule has 0 aromatic heterocycles. The molecule has 17 heavy (non-hydrogen) atoms. The summed E-state index contributed by atoms with van der Waals surface area (Å²) in [5, 5.41) is 17.7. The number of carbonyl (C=O) groups is 1. The van der Waals surface area contributed by atoms with Crippen molar-refractivity contribution in [3.8, 4) is 5.75 Å². The number of rotatable bonds is 3. The van der Waals surface area contributed by atoms with Crippen LogP contribution in [0.2, 0.25) is 0 Å². The monoisotopic (exact) mass is 314 g/mol. The smallest absolute Gasteiger partial charge is 0.479 e. The lowest BCUT2D eigenvalue weighted by atomic mass is 10.1. The van der Waals surface area contributed by atoms with Crippen molar-refractivity contribution >= 4 is 21.9 Å². The number of ether oxygens (including phenoxy) is 1. The molecule has 0 amide bonds. The lowest BCUT2D eigenvalue weighted by Crippen LogP contribution is -2.17. The number of carboxylic acid groups (broad SMARTS) is 1. The van der Waals surface area contributed by atoms with E-state index in [-0.39, 0.29) is 10.0 Å². The van der Waals surface area contributed by atoms with Crippen molar-refractivity contribution in [1.29, 1.82) is 0 Å². The number of alkyl halides is 3. The first-order valence-corrected chi connectivity index (χ1v) is 4.96. The van der Waals surface area contributed by atoms with Gasteiger partial charge in [0.15, 0.2) is 6.10 Å². The number of aliphatic carboxylic acids is 1. The van der Waals surface area contributed by atoms with Gasteiger partial charge in [-0.3, -0.25) is 0 Å². The molecule has 2 N–H and O–H groups in total. The Morgan fingerprint density at radius 1 is 1.41 bits per heavy atom. The molecule has 0 aliphatic rings. The van der Waals surface area contributed by atoms with Crippen molar-refractivity contribution in [3.63, 3.8) is 0 Å². The second-order valence-corrected chi connectivity index (χ2v) is 3.83. The molecule has 1 aromatic rings. The van der Waals surface area contributed by atoms with E-state index in [2.05, 4.69) is 20.7 Å². The van der Waals surface area contributed by atoms with Gasteiger partial charge in [0.1, 0.15) is 5.75 Å². The first kappa shape index (κ1) is 13.8. The summed E-state index contributed by atoms with van der Waals surface area (Å²) in [5.41, 5.74) is -0.0566. The van der Waals surface area contributed by atoms with E-state index in [0.29, 0.717) is 0 Å². The Bertz CT molecular complexity index is 433. The minimum Gasteiger partial charge on any atom is -0.479 e. The van der Waals surface area contributed by atoms with Gasteiger partial charge in [-0.25, -0.2) is 4.79 Å². The van der Waals surface area contributed by atoms with E-state index in [4.69, 9.17) is 10.2 Å². The Hall–Kier alpha value is -1.28. The van der Waals surface area contributed by atoms with Gasteiger partial charge in [-0.2, -0.15) is 0 Å². The van der Waals surface area contributed by atoms with Crippen LogP contribution in [-0.4, -0.2) is 22.5 Å². The van der Waals surface area contributed by atoms with Gasteiger partial charge >= 0.3 is 12.3 Å². The van der Waals surface area contributed by atoms with Crippen molar-refractivity contribution in [2.75, 3.05) is 0 Å². The standard InChI is InChI=1S/C9H6BrF3O4/c10-5-3-4(7(14)8(15)16)1-2-6(5)17-9(11,12)13/h1-3,7,14H,(H,15,16). The normalized spacial score (nSPS) is 13.2. The number of aliphatic hydroxyl groups is 1. The Balaban J connectivity index is 2.98. The summed E-state index contributed by atoms with van der Waals surface area (Å²) in [6.45, 7) is 0. The Morgan fingerprint density at radius 2 is 2.00 bits per heavy atom. The van der Waals surface area contributed by atoms with Crippen molar-refractivity contribution in [1.82, 2.24) is 0 Å². The highest BCUT2D eigenvalue weighted by molar-refractivity contribution is 9.10. The first-order chi connectivity index (χ1) is 7.70. The summed E-state index contributed by atoms with van der Waals surface area (Å²) in [4.78, 5) is 10.4. The van der Waals surface area contributed by atoms with Crippen LogP contribution in [0.25, 0.3) is 0 Å². The average Bonchev–Trinajstić information content (AvgIpc) is 2.18. The summed E-state index contributed by atoms with van der Waals surface area (Å²) in [5.74, 6) is -2.01. The fourth-order valence-electron chi connectivity index (χ4n) is 1.04. The minimum atomic E-state index is -4.84. The Labute approximate surface area is 102 Å². The molecule has 0 heterocycles. The maximum atomic E-state index is 11.9. The van der Waals surface area contributed by atoms with Crippen LogP contribution in [0.3, 0.4) is 0 Å². The second kappa shape index (κ2) is 4.92. The largest absolute Gasteiger partial charge is 0.573 e.